The zero-order valence-electron chi connectivity index (χ0n) is 22.7. The van der Waals surface area contributed by atoms with Crippen LogP contribution in [0.1, 0.15) is 29.2 Å². The molecule has 1 aliphatic rings. The van der Waals surface area contributed by atoms with Crippen LogP contribution in [0.25, 0.3) is 11.1 Å². The van der Waals surface area contributed by atoms with E-state index in [1.54, 1.807) is 7.05 Å². The second-order valence-electron chi connectivity index (χ2n) is 9.78. The molecule has 0 bridgehead atoms. The maximum atomic E-state index is 13.9. The number of ether oxygens (including phenoxy) is 2. The summed E-state index contributed by atoms with van der Waals surface area (Å²) in [6.45, 7) is 0.500. The first-order valence-electron chi connectivity index (χ1n) is 13.5. The van der Waals surface area contributed by atoms with Crippen LogP contribution in [0.4, 0.5) is 0 Å². The van der Waals surface area contributed by atoms with Gasteiger partial charge in [-0.15, -0.1) is 0 Å². The summed E-state index contributed by atoms with van der Waals surface area (Å²) in [6.07, 6.45) is 0.200. The number of nitrogens with one attached hydrogen (secondary N) is 2. The molecule has 41 heavy (non-hydrogen) atoms. The molecule has 0 spiro atoms. The second kappa shape index (κ2) is 13.1. The Balaban J connectivity index is 1.54. The molecule has 0 unspecified atom stereocenters. The summed E-state index contributed by atoms with van der Waals surface area (Å²) in [5.74, 6) is 0.773. The van der Waals surface area contributed by atoms with Gasteiger partial charge in [-0.3, -0.25) is 10.2 Å². The largest absolute Gasteiger partial charge is 0.494 e. The minimum absolute atomic E-state index is 0.0750. The number of amides is 1. The monoisotopic (exact) mass is 613 g/mol. The van der Waals surface area contributed by atoms with Crippen LogP contribution >= 0.6 is 15.9 Å². The van der Waals surface area contributed by atoms with Crippen molar-refractivity contribution in [2.75, 3.05) is 20.3 Å². The van der Waals surface area contributed by atoms with E-state index in [0.717, 1.165) is 32.3 Å². The SMILES string of the molecule is CNNC(=O)[C@@]1(Cc2ccc(Br)cc2)N=C(c2ccc(OCCCO)cc2)O[C@H]1c1ccc(-c2ccccc2)cc1. The van der Waals surface area contributed by atoms with Crippen molar-refractivity contribution in [3.8, 4) is 16.9 Å². The average molecular weight is 615 g/mol. The van der Waals surface area contributed by atoms with E-state index in [-0.39, 0.29) is 12.5 Å². The highest BCUT2D eigenvalue weighted by molar-refractivity contribution is 9.10. The van der Waals surface area contributed by atoms with Gasteiger partial charge in [0.1, 0.15) is 5.75 Å². The molecule has 1 amide bonds. The van der Waals surface area contributed by atoms with Gasteiger partial charge >= 0.3 is 0 Å². The Labute approximate surface area is 248 Å². The summed E-state index contributed by atoms with van der Waals surface area (Å²) in [5, 5.41) is 9.02. The molecule has 2 atom stereocenters. The molecule has 210 valence electrons. The van der Waals surface area contributed by atoms with E-state index >= 15 is 0 Å². The normalized spacial score (nSPS) is 17.9. The number of halogens is 1. The zero-order valence-corrected chi connectivity index (χ0v) is 24.3. The lowest BCUT2D eigenvalue weighted by Gasteiger charge is -2.30. The number of carbonyl (C=O) groups is 1. The Morgan fingerprint density at radius 1 is 0.927 bits per heavy atom. The number of hydrogen-bond donors (Lipinski definition) is 3. The third-order valence-electron chi connectivity index (χ3n) is 6.98. The molecule has 1 heterocycles. The van der Waals surface area contributed by atoms with E-state index in [2.05, 4.69) is 38.9 Å². The van der Waals surface area contributed by atoms with Crippen molar-refractivity contribution in [1.82, 2.24) is 10.9 Å². The van der Waals surface area contributed by atoms with Crippen LogP contribution in [0.5, 0.6) is 5.75 Å². The summed E-state index contributed by atoms with van der Waals surface area (Å²) in [4.78, 5) is 18.9. The highest BCUT2D eigenvalue weighted by Gasteiger charge is 2.53. The molecule has 4 aromatic carbocycles. The maximum Gasteiger partial charge on any atom is 0.266 e. The summed E-state index contributed by atoms with van der Waals surface area (Å²) in [7, 11) is 1.66. The molecule has 0 fully saturated rings. The Kier molecular flexibility index (Phi) is 9.14. The summed E-state index contributed by atoms with van der Waals surface area (Å²) in [6, 6.07) is 33.6. The Morgan fingerprint density at radius 3 is 2.24 bits per heavy atom. The predicted molar refractivity (Wildman–Crippen MR) is 164 cm³/mol. The van der Waals surface area contributed by atoms with E-state index < -0.39 is 11.6 Å². The number of hydrazine groups is 1. The van der Waals surface area contributed by atoms with E-state index in [1.807, 2.05) is 91.0 Å². The second-order valence-corrected chi connectivity index (χ2v) is 10.7. The lowest BCUT2D eigenvalue weighted by Crippen LogP contribution is -2.53. The van der Waals surface area contributed by atoms with Crippen molar-refractivity contribution in [2.24, 2.45) is 4.99 Å². The molecule has 1 aliphatic heterocycles. The smallest absolute Gasteiger partial charge is 0.266 e. The number of carbonyl (C=O) groups excluding carboxylic acids is 1. The molecule has 0 radical (unpaired) electrons. The van der Waals surface area contributed by atoms with Crippen molar-refractivity contribution in [3.63, 3.8) is 0 Å². The average Bonchev–Trinajstić information content (AvgIpc) is 3.40. The van der Waals surface area contributed by atoms with Gasteiger partial charge in [0.25, 0.3) is 5.91 Å². The fourth-order valence-corrected chi connectivity index (χ4v) is 5.16. The summed E-state index contributed by atoms with van der Waals surface area (Å²) < 4.78 is 13.2. The first-order valence-corrected chi connectivity index (χ1v) is 14.3. The molecule has 0 aliphatic carbocycles. The molecular formula is C33H32BrN3O4. The zero-order chi connectivity index (χ0) is 28.7. The predicted octanol–water partition coefficient (Wildman–Crippen LogP) is 5.63. The number of rotatable bonds is 11. The van der Waals surface area contributed by atoms with Gasteiger partial charge in [-0.25, -0.2) is 10.4 Å². The first kappa shape index (κ1) is 28.5. The fourth-order valence-electron chi connectivity index (χ4n) is 4.90. The van der Waals surface area contributed by atoms with Crippen LogP contribution in [0.15, 0.2) is 113 Å². The minimum atomic E-state index is -1.28. The van der Waals surface area contributed by atoms with Crippen LogP contribution in [-0.2, 0) is 16.0 Å². The third kappa shape index (κ3) is 6.51. The van der Waals surface area contributed by atoms with E-state index in [4.69, 9.17) is 19.6 Å². The highest BCUT2D eigenvalue weighted by atomic mass is 79.9. The van der Waals surface area contributed by atoms with Gasteiger partial charge in [0.15, 0.2) is 11.6 Å². The van der Waals surface area contributed by atoms with Crippen LogP contribution in [0.2, 0.25) is 0 Å². The quantitative estimate of drug-likeness (QED) is 0.151. The third-order valence-corrected chi connectivity index (χ3v) is 7.50. The lowest BCUT2D eigenvalue weighted by molar-refractivity contribution is -0.129. The molecule has 5 rings (SSSR count). The van der Waals surface area contributed by atoms with Crippen molar-refractivity contribution in [3.05, 3.63) is 124 Å². The molecular weight excluding hydrogens is 582 g/mol. The van der Waals surface area contributed by atoms with Crippen molar-refractivity contribution in [2.45, 2.75) is 24.5 Å². The molecule has 0 aromatic heterocycles. The summed E-state index contributed by atoms with van der Waals surface area (Å²) >= 11 is 3.50. The van der Waals surface area contributed by atoms with Gasteiger partial charge in [-0.2, -0.15) is 0 Å². The Hall–Kier alpha value is -3.98. The van der Waals surface area contributed by atoms with Crippen molar-refractivity contribution >= 4 is 27.7 Å². The molecule has 7 nitrogen and oxygen atoms in total. The Morgan fingerprint density at radius 2 is 1.59 bits per heavy atom. The van der Waals surface area contributed by atoms with Crippen LogP contribution in [0, 0.1) is 0 Å². The number of aliphatic hydroxyl groups is 1. The van der Waals surface area contributed by atoms with Gasteiger partial charge in [-0.1, -0.05) is 82.7 Å². The van der Waals surface area contributed by atoms with Crippen molar-refractivity contribution < 1.29 is 19.4 Å². The van der Waals surface area contributed by atoms with Crippen LogP contribution in [-0.4, -0.2) is 42.7 Å². The number of aliphatic hydroxyl groups excluding tert-OH is 1. The van der Waals surface area contributed by atoms with E-state index in [1.165, 1.54) is 0 Å². The number of hydrogen-bond acceptors (Lipinski definition) is 6. The van der Waals surface area contributed by atoms with E-state index in [0.29, 0.717) is 31.1 Å². The molecule has 4 aromatic rings. The molecule has 0 saturated carbocycles. The highest BCUT2D eigenvalue weighted by Crippen LogP contribution is 2.43. The van der Waals surface area contributed by atoms with Gasteiger partial charge in [-0.05, 0) is 58.7 Å². The van der Waals surface area contributed by atoms with Crippen LogP contribution < -0.4 is 15.6 Å². The maximum absolute atomic E-state index is 13.9. The van der Waals surface area contributed by atoms with Gasteiger partial charge in [0, 0.05) is 36.5 Å². The Bertz CT molecular complexity index is 1480. The van der Waals surface area contributed by atoms with Gasteiger partial charge < -0.3 is 14.6 Å². The lowest BCUT2D eigenvalue weighted by atomic mass is 9.82. The molecule has 3 N–H and O–H groups in total. The first-order chi connectivity index (χ1) is 20.0. The molecule has 8 heteroatoms. The number of nitrogens with zero attached hydrogens (tertiary/aromatic N) is 1. The topological polar surface area (TPSA) is 92.2 Å². The molecule has 0 saturated heterocycles. The van der Waals surface area contributed by atoms with Gasteiger partial charge in [0.2, 0.25) is 5.90 Å². The van der Waals surface area contributed by atoms with Crippen LogP contribution in [0.3, 0.4) is 0 Å². The standard InChI is InChI=1S/C33H32BrN3O4/c1-35-37-32(39)33(22-23-8-16-28(34)17-9-23)30(26-12-10-25(11-13-26)24-6-3-2-4-7-24)41-31(36-33)27-14-18-29(19-15-27)40-21-5-20-38/h2-4,6-19,30,35,38H,5,20-22H2,1H3,(H,37,39)/t30-,33-/m0/s1. The van der Waals surface area contributed by atoms with Crippen molar-refractivity contribution in [1.29, 1.82) is 0 Å². The number of aliphatic imine (C=N–C) groups is 1. The summed E-state index contributed by atoms with van der Waals surface area (Å²) in [5.41, 5.74) is 9.00. The van der Waals surface area contributed by atoms with Gasteiger partial charge in [0.05, 0.1) is 6.61 Å². The number of benzene rings is 4. The van der Waals surface area contributed by atoms with E-state index in [9.17, 15) is 4.79 Å². The fraction of sp³-hybridized carbons (Fsp3) is 0.212. The minimum Gasteiger partial charge on any atom is -0.494 e.